The molecule has 0 bridgehead atoms. The molecule has 0 aromatic rings. The largest absolute Gasteiger partial charge is 0.394 e. The van der Waals surface area contributed by atoms with E-state index in [0.717, 1.165) is 45.3 Å². The molecular weight excluding hydrogens is 266 g/mol. The van der Waals surface area contributed by atoms with Gasteiger partial charge in [0.25, 0.3) is 0 Å². The van der Waals surface area contributed by atoms with Crippen LogP contribution in [0.3, 0.4) is 0 Å². The summed E-state index contributed by atoms with van der Waals surface area (Å²) in [5.74, 6) is 0. The van der Waals surface area contributed by atoms with Crippen LogP contribution in [0.2, 0.25) is 0 Å². The highest BCUT2D eigenvalue weighted by Crippen LogP contribution is 2.23. The van der Waals surface area contributed by atoms with Gasteiger partial charge in [-0.3, -0.25) is 0 Å². The number of aliphatic hydroxyl groups excluding tert-OH is 1. The highest BCUT2D eigenvalue weighted by Gasteiger charge is 2.23. The van der Waals surface area contributed by atoms with E-state index in [1.54, 1.807) is 7.11 Å². The molecule has 0 spiro atoms. The van der Waals surface area contributed by atoms with Crippen molar-refractivity contribution in [2.24, 2.45) is 0 Å². The molecule has 126 valence electrons. The van der Waals surface area contributed by atoms with Crippen LogP contribution in [-0.4, -0.2) is 49.7 Å². The zero-order chi connectivity index (χ0) is 15.6. The predicted molar refractivity (Wildman–Crippen MR) is 86.6 cm³/mol. The van der Waals surface area contributed by atoms with Crippen LogP contribution in [0.25, 0.3) is 0 Å². The minimum Gasteiger partial charge on any atom is -0.394 e. The Kier molecular flexibility index (Phi) is 9.49. The molecule has 1 aliphatic carbocycles. The molecule has 3 atom stereocenters. The molecule has 3 unspecified atom stereocenters. The van der Waals surface area contributed by atoms with Crippen LogP contribution >= 0.6 is 0 Å². The van der Waals surface area contributed by atoms with Gasteiger partial charge in [-0.25, -0.2) is 0 Å². The Hall–Kier alpha value is -0.160. The molecule has 0 aromatic heterocycles. The predicted octanol–water partition coefficient (Wildman–Crippen LogP) is 2.88. The Bertz CT molecular complexity index is 262. The summed E-state index contributed by atoms with van der Waals surface area (Å²) in [6, 6.07) is 0. The third kappa shape index (κ3) is 7.59. The molecule has 0 heterocycles. The van der Waals surface area contributed by atoms with Crippen LogP contribution in [-0.2, 0) is 9.47 Å². The Labute approximate surface area is 130 Å². The monoisotopic (exact) mass is 301 g/mol. The average Bonchev–Trinajstić information content (AvgIpc) is 2.53. The normalized spacial score (nSPS) is 25.7. The van der Waals surface area contributed by atoms with E-state index in [9.17, 15) is 5.11 Å². The van der Waals surface area contributed by atoms with Gasteiger partial charge in [0.2, 0.25) is 0 Å². The maximum Gasteiger partial charge on any atom is 0.0610 e. The molecule has 4 heteroatoms. The molecule has 4 nitrogen and oxygen atoms in total. The summed E-state index contributed by atoms with van der Waals surface area (Å²) in [6.07, 6.45) is 9.63. The van der Waals surface area contributed by atoms with Crippen LogP contribution in [0.15, 0.2) is 0 Å². The van der Waals surface area contributed by atoms with Crippen LogP contribution < -0.4 is 5.32 Å². The fourth-order valence-electron chi connectivity index (χ4n) is 2.98. The van der Waals surface area contributed by atoms with Crippen molar-refractivity contribution in [3.63, 3.8) is 0 Å². The SMILES string of the molecule is CCCNC(C)(CO)CCCCOC1CCCC(OC)C1. The number of hydrogen-bond donors (Lipinski definition) is 2. The first-order valence-electron chi connectivity index (χ1n) is 8.64. The van der Waals surface area contributed by atoms with E-state index >= 15 is 0 Å². The number of rotatable bonds is 11. The number of hydrogen-bond acceptors (Lipinski definition) is 4. The van der Waals surface area contributed by atoms with Crippen molar-refractivity contribution >= 4 is 0 Å². The first-order chi connectivity index (χ1) is 10.1. The van der Waals surface area contributed by atoms with Crippen molar-refractivity contribution in [3.05, 3.63) is 0 Å². The zero-order valence-electron chi connectivity index (χ0n) is 14.2. The summed E-state index contributed by atoms with van der Waals surface area (Å²) < 4.78 is 11.4. The topological polar surface area (TPSA) is 50.7 Å². The lowest BCUT2D eigenvalue weighted by Crippen LogP contribution is -2.46. The van der Waals surface area contributed by atoms with Gasteiger partial charge in [-0.2, -0.15) is 0 Å². The van der Waals surface area contributed by atoms with Crippen molar-refractivity contribution in [2.45, 2.75) is 83.0 Å². The standard InChI is InChI=1S/C17H35NO3/c1-4-11-18-17(2,14-19)10-5-6-12-21-16-9-7-8-15(13-16)20-3/h15-16,18-19H,4-14H2,1-3H3. The lowest BCUT2D eigenvalue weighted by atomic mass is 9.94. The lowest BCUT2D eigenvalue weighted by Gasteiger charge is -2.30. The molecule has 1 saturated carbocycles. The summed E-state index contributed by atoms with van der Waals surface area (Å²) in [5.41, 5.74) is -0.137. The molecule has 1 rings (SSSR count). The Morgan fingerprint density at radius 2 is 2.00 bits per heavy atom. The number of nitrogens with one attached hydrogen (secondary N) is 1. The van der Waals surface area contributed by atoms with Gasteiger partial charge in [-0.15, -0.1) is 0 Å². The van der Waals surface area contributed by atoms with E-state index in [-0.39, 0.29) is 12.1 Å². The summed E-state index contributed by atoms with van der Waals surface area (Å²) in [5, 5.41) is 13.0. The second kappa shape index (κ2) is 10.5. The van der Waals surface area contributed by atoms with Crippen molar-refractivity contribution < 1.29 is 14.6 Å². The maximum absolute atomic E-state index is 9.52. The minimum atomic E-state index is -0.137. The number of unbranched alkanes of at least 4 members (excludes halogenated alkanes) is 1. The van der Waals surface area contributed by atoms with Gasteiger partial charge in [0.15, 0.2) is 0 Å². The molecule has 0 saturated heterocycles. The van der Waals surface area contributed by atoms with E-state index < -0.39 is 0 Å². The summed E-state index contributed by atoms with van der Waals surface area (Å²) in [4.78, 5) is 0. The third-order valence-electron chi connectivity index (χ3n) is 4.54. The van der Waals surface area contributed by atoms with Crippen molar-refractivity contribution in [3.8, 4) is 0 Å². The number of aliphatic hydroxyl groups is 1. The second-order valence-electron chi connectivity index (χ2n) is 6.62. The lowest BCUT2D eigenvalue weighted by molar-refractivity contribution is -0.0306. The fourth-order valence-corrected chi connectivity index (χ4v) is 2.98. The maximum atomic E-state index is 9.52. The quantitative estimate of drug-likeness (QED) is 0.576. The van der Waals surface area contributed by atoms with E-state index in [0.29, 0.717) is 12.2 Å². The van der Waals surface area contributed by atoms with E-state index in [1.807, 2.05) is 0 Å². The average molecular weight is 301 g/mol. The van der Waals surface area contributed by atoms with Gasteiger partial charge in [0.1, 0.15) is 0 Å². The highest BCUT2D eigenvalue weighted by atomic mass is 16.5. The van der Waals surface area contributed by atoms with Gasteiger partial charge in [-0.05, 0) is 64.8 Å². The Balaban J connectivity index is 2.10. The Morgan fingerprint density at radius 1 is 1.24 bits per heavy atom. The van der Waals surface area contributed by atoms with E-state index in [4.69, 9.17) is 9.47 Å². The molecular formula is C17H35NO3. The first-order valence-corrected chi connectivity index (χ1v) is 8.64. The zero-order valence-corrected chi connectivity index (χ0v) is 14.2. The van der Waals surface area contributed by atoms with Gasteiger partial charge in [0, 0.05) is 19.3 Å². The van der Waals surface area contributed by atoms with Crippen LogP contribution in [0.1, 0.15) is 65.2 Å². The second-order valence-corrected chi connectivity index (χ2v) is 6.62. The van der Waals surface area contributed by atoms with Crippen molar-refractivity contribution in [1.82, 2.24) is 5.32 Å². The summed E-state index contributed by atoms with van der Waals surface area (Å²) in [7, 11) is 1.80. The van der Waals surface area contributed by atoms with Gasteiger partial charge < -0.3 is 19.9 Å². The molecule has 1 fully saturated rings. The molecule has 0 aromatic carbocycles. The van der Waals surface area contributed by atoms with Crippen LogP contribution in [0, 0.1) is 0 Å². The molecule has 21 heavy (non-hydrogen) atoms. The summed E-state index contributed by atoms with van der Waals surface area (Å²) in [6.45, 7) is 6.25. The Morgan fingerprint density at radius 3 is 2.67 bits per heavy atom. The fraction of sp³-hybridized carbons (Fsp3) is 1.00. The first kappa shape index (κ1) is 18.9. The van der Waals surface area contributed by atoms with Crippen LogP contribution in [0.5, 0.6) is 0 Å². The summed E-state index contributed by atoms with van der Waals surface area (Å²) >= 11 is 0. The van der Waals surface area contributed by atoms with Crippen molar-refractivity contribution in [2.75, 3.05) is 26.9 Å². The van der Waals surface area contributed by atoms with Gasteiger partial charge >= 0.3 is 0 Å². The molecule has 2 N–H and O–H groups in total. The number of methoxy groups -OCH3 is 1. The minimum absolute atomic E-state index is 0.137. The highest BCUT2D eigenvalue weighted by molar-refractivity contribution is 4.81. The smallest absolute Gasteiger partial charge is 0.0610 e. The van der Waals surface area contributed by atoms with E-state index in [2.05, 4.69) is 19.2 Å². The molecule has 0 amide bonds. The molecule has 0 radical (unpaired) electrons. The van der Waals surface area contributed by atoms with Crippen molar-refractivity contribution in [1.29, 1.82) is 0 Å². The van der Waals surface area contributed by atoms with E-state index in [1.165, 1.54) is 19.3 Å². The third-order valence-corrected chi connectivity index (χ3v) is 4.54. The molecule has 1 aliphatic rings. The van der Waals surface area contributed by atoms with Gasteiger partial charge in [-0.1, -0.05) is 6.92 Å². The van der Waals surface area contributed by atoms with Gasteiger partial charge in [0.05, 0.1) is 18.8 Å². The molecule has 0 aliphatic heterocycles. The van der Waals surface area contributed by atoms with Crippen LogP contribution in [0.4, 0.5) is 0 Å². The number of ether oxygens (including phenoxy) is 2.